The van der Waals surface area contributed by atoms with Crippen LogP contribution in [0.25, 0.3) is 16.6 Å². The average molecular weight is 529 g/mol. The number of rotatable bonds is 9. The van der Waals surface area contributed by atoms with Gasteiger partial charge in [-0.2, -0.15) is 0 Å². The van der Waals surface area contributed by atoms with E-state index in [1.165, 1.54) is 0 Å². The van der Waals surface area contributed by atoms with Gasteiger partial charge in [0, 0.05) is 19.3 Å². The number of hydrogen-bond donors (Lipinski definition) is 1. The van der Waals surface area contributed by atoms with Crippen molar-refractivity contribution < 1.29 is 19.1 Å². The van der Waals surface area contributed by atoms with Gasteiger partial charge in [-0.1, -0.05) is 24.3 Å². The molecule has 0 spiro atoms. The van der Waals surface area contributed by atoms with Crippen molar-refractivity contribution >= 4 is 28.6 Å². The number of nitrogens with zero attached hydrogens (tertiary/aromatic N) is 3. The van der Waals surface area contributed by atoms with Gasteiger partial charge in [-0.3, -0.25) is 9.36 Å². The second kappa shape index (κ2) is 12.4. The van der Waals surface area contributed by atoms with Gasteiger partial charge in [0.25, 0.3) is 5.56 Å². The lowest BCUT2D eigenvalue weighted by molar-refractivity contribution is 0.0526. The number of hydrogen-bond acceptors (Lipinski definition) is 6. The average Bonchev–Trinajstić information content (AvgIpc) is 2.93. The lowest BCUT2D eigenvalue weighted by Gasteiger charge is -2.30. The Hall–Kier alpha value is -4.50. The number of benzene rings is 3. The van der Waals surface area contributed by atoms with Crippen LogP contribution in [0.4, 0.5) is 10.5 Å². The molecule has 1 atom stereocenters. The number of amides is 2. The molecule has 3 aromatic carbocycles. The van der Waals surface area contributed by atoms with Crippen molar-refractivity contribution in [1.82, 2.24) is 14.5 Å². The number of carbonyl (C=O) groups is 2. The lowest BCUT2D eigenvalue weighted by atomic mass is 10.1. The van der Waals surface area contributed by atoms with Crippen LogP contribution in [0.1, 0.15) is 41.6 Å². The molecule has 1 unspecified atom stereocenters. The number of aromatic nitrogens is 2. The van der Waals surface area contributed by atoms with E-state index in [0.29, 0.717) is 33.7 Å². The minimum atomic E-state index is -0.600. The highest BCUT2D eigenvalue weighted by molar-refractivity contribution is 5.92. The third kappa shape index (κ3) is 6.15. The fourth-order valence-corrected chi connectivity index (χ4v) is 4.35. The van der Waals surface area contributed by atoms with E-state index in [9.17, 15) is 14.4 Å². The van der Waals surface area contributed by atoms with E-state index in [1.54, 1.807) is 66.0 Å². The molecule has 0 aliphatic carbocycles. The number of anilines is 1. The molecule has 202 valence electrons. The maximum absolute atomic E-state index is 13.7. The number of para-hydroxylation sites is 1. The summed E-state index contributed by atoms with van der Waals surface area (Å²) in [6.45, 7) is 6.34. The van der Waals surface area contributed by atoms with E-state index in [4.69, 9.17) is 14.5 Å². The molecule has 9 heteroatoms. The standard InChI is InChI=1S/C30H32N4O5/c1-5-39-29(36)22-13-15-23(16-14-22)31-30(37)33(17-18-38-4)21(3)27-32-26-12-7-6-11-25(26)28(35)34(27)24-10-8-9-20(2)19-24/h6-16,19,21H,5,17-18H2,1-4H3,(H,31,37). The molecule has 0 aliphatic heterocycles. The van der Waals surface area contributed by atoms with E-state index in [1.807, 2.05) is 44.2 Å². The largest absolute Gasteiger partial charge is 0.462 e. The maximum Gasteiger partial charge on any atom is 0.338 e. The normalized spacial score (nSPS) is 11.7. The maximum atomic E-state index is 13.7. The Morgan fingerprint density at radius 1 is 1.05 bits per heavy atom. The Morgan fingerprint density at radius 2 is 1.79 bits per heavy atom. The molecular weight excluding hydrogens is 496 g/mol. The Morgan fingerprint density at radius 3 is 2.49 bits per heavy atom. The Kier molecular flexibility index (Phi) is 8.73. The zero-order valence-electron chi connectivity index (χ0n) is 22.5. The first kappa shape index (κ1) is 27.5. The number of carbonyl (C=O) groups excluding carboxylic acids is 2. The molecule has 1 aromatic heterocycles. The molecule has 0 saturated heterocycles. The first-order chi connectivity index (χ1) is 18.8. The minimum absolute atomic E-state index is 0.213. The van der Waals surface area contributed by atoms with Gasteiger partial charge >= 0.3 is 12.0 Å². The number of ether oxygens (including phenoxy) is 2. The third-order valence-electron chi connectivity index (χ3n) is 6.35. The first-order valence-corrected chi connectivity index (χ1v) is 12.8. The summed E-state index contributed by atoms with van der Waals surface area (Å²) in [6, 6.07) is 20.3. The number of fused-ring (bicyclic) bond motifs is 1. The Labute approximate surface area is 227 Å². The van der Waals surface area contributed by atoms with E-state index in [0.717, 1.165) is 5.56 Å². The predicted octanol–water partition coefficient (Wildman–Crippen LogP) is 5.11. The molecule has 9 nitrogen and oxygen atoms in total. The van der Waals surface area contributed by atoms with Crippen LogP contribution in [-0.4, -0.2) is 53.3 Å². The zero-order chi connectivity index (χ0) is 27.9. The van der Waals surface area contributed by atoms with Crippen LogP contribution in [-0.2, 0) is 9.47 Å². The predicted molar refractivity (Wildman–Crippen MR) is 150 cm³/mol. The van der Waals surface area contributed by atoms with Gasteiger partial charge in [0.15, 0.2) is 0 Å². The van der Waals surface area contributed by atoms with Gasteiger partial charge in [0.05, 0.1) is 41.4 Å². The number of aryl methyl sites for hydroxylation is 1. The van der Waals surface area contributed by atoms with E-state index in [-0.39, 0.29) is 25.3 Å². The number of methoxy groups -OCH3 is 1. The molecule has 4 rings (SSSR count). The van der Waals surface area contributed by atoms with Gasteiger partial charge in [-0.15, -0.1) is 0 Å². The smallest absolute Gasteiger partial charge is 0.338 e. The van der Waals surface area contributed by atoms with Crippen molar-refractivity contribution in [3.8, 4) is 5.69 Å². The molecular formula is C30H32N4O5. The zero-order valence-corrected chi connectivity index (χ0v) is 22.5. The summed E-state index contributed by atoms with van der Waals surface area (Å²) >= 11 is 0. The van der Waals surface area contributed by atoms with Crippen LogP contribution in [0.15, 0.2) is 77.6 Å². The lowest BCUT2D eigenvalue weighted by Crippen LogP contribution is -2.41. The quantitative estimate of drug-likeness (QED) is 0.303. The van der Waals surface area contributed by atoms with Gasteiger partial charge in [0.1, 0.15) is 5.82 Å². The summed E-state index contributed by atoms with van der Waals surface area (Å²) in [4.78, 5) is 45.7. The summed E-state index contributed by atoms with van der Waals surface area (Å²) in [7, 11) is 1.56. The SMILES string of the molecule is CCOC(=O)c1ccc(NC(=O)N(CCOC)C(C)c2nc3ccccc3c(=O)n2-c2cccc(C)c2)cc1. The van der Waals surface area contributed by atoms with Gasteiger partial charge < -0.3 is 19.7 Å². The highest BCUT2D eigenvalue weighted by Crippen LogP contribution is 2.24. The summed E-state index contributed by atoms with van der Waals surface area (Å²) in [5.74, 6) is -0.00423. The fraction of sp³-hybridized carbons (Fsp3) is 0.267. The molecule has 0 radical (unpaired) electrons. The third-order valence-corrected chi connectivity index (χ3v) is 6.35. The number of urea groups is 1. The van der Waals surface area contributed by atoms with Crippen molar-refractivity contribution in [1.29, 1.82) is 0 Å². The molecule has 4 aromatic rings. The molecule has 39 heavy (non-hydrogen) atoms. The Balaban J connectivity index is 1.73. The monoisotopic (exact) mass is 528 g/mol. The highest BCUT2D eigenvalue weighted by Gasteiger charge is 2.27. The topological polar surface area (TPSA) is 103 Å². The highest BCUT2D eigenvalue weighted by atomic mass is 16.5. The van der Waals surface area contributed by atoms with Crippen molar-refractivity contribution in [3.05, 3.63) is 100 Å². The van der Waals surface area contributed by atoms with Crippen LogP contribution < -0.4 is 10.9 Å². The summed E-state index contributed by atoms with van der Waals surface area (Å²) in [5.41, 5.74) is 2.89. The second-order valence-electron chi connectivity index (χ2n) is 9.06. The number of esters is 1. The molecule has 2 amide bonds. The fourth-order valence-electron chi connectivity index (χ4n) is 4.35. The van der Waals surface area contributed by atoms with Crippen LogP contribution in [0.2, 0.25) is 0 Å². The van der Waals surface area contributed by atoms with E-state index in [2.05, 4.69) is 5.32 Å². The van der Waals surface area contributed by atoms with Gasteiger partial charge in [-0.25, -0.2) is 14.6 Å². The summed E-state index contributed by atoms with van der Waals surface area (Å²) < 4.78 is 11.9. The molecule has 0 aliphatic rings. The molecule has 1 N–H and O–H groups in total. The van der Waals surface area contributed by atoms with Crippen LogP contribution in [0.3, 0.4) is 0 Å². The molecule has 1 heterocycles. The van der Waals surface area contributed by atoms with Crippen molar-refractivity contribution in [2.24, 2.45) is 0 Å². The summed E-state index contributed by atoms with van der Waals surface area (Å²) in [6.07, 6.45) is 0. The van der Waals surface area contributed by atoms with Crippen molar-refractivity contribution in [2.75, 3.05) is 32.2 Å². The van der Waals surface area contributed by atoms with E-state index >= 15 is 0 Å². The van der Waals surface area contributed by atoms with Crippen LogP contribution >= 0.6 is 0 Å². The Bertz CT molecular complexity index is 1530. The van der Waals surface area contributed by atoms with Crippen molar-refractivity contribution in [2.45, 2.75) is 26.8 Å². The molecule has 0 bridgehead atoms. The molecule has 0 saturated carbocycles. The second-order valence-corrected chi connectivity index (χ2v) is 9.06. The van der Waals surface area contributed by atoms with Gasteiger partial charge in [0.2, 0.25) is 0 Å². The van der Waals surface area contributed by atoms with Crippen LogP contribution in [0.5, 0.6) is 0 Å². The minimum Gasteiger partial charge on any atom is -0.462 e. The first-order valence-electron chi connectivity index (χ1n) is 12.8. The van der Waals surface area contributed by atoms with Gasteiger partial charge in [-0.05, 0) is 74.9 Å². The van der Waals surface area contributed by atoms with Crippen LogP contribution in [0, 0.1) is 6.92 Å². The van der Waals surface area contributed by atoms with Crippen molar-refractivity contribution in [3.63, 3.8) is 0 Å². The number of nitrogens with one attached hydrogen (secondary N) is 1. The van der Waals surface area contributed by atoms with E-state index < -0.39 is 18.0 Å². The summed E-state index contributed by atoms with van der Waals surface area (Å²) in [5, 5.41) is 3.37. The molecule has 0 fully saturated rings.